The van der Waals surface area contributed by atoms with E-state index in [1.807, 2.05) is 45.2 Å². The molecule has 0 bridgehead atoms. The van der Waals surface area contributed by atoms with E-state index >= 15 is 0 Å². The zero-order valence-corrected chi connectivity index (χ0v) is 13.1. The molecule has 2 aromatic rings. The van der Waals surface area contributed by atoms with Crippen LogP contribution in [0.1, 0.15) is 19.4 Å². The molecule has 21 heavy (non-hydrogen) atoms. The lowest BCUT2D eigenvalue weighted by molar-refractivity contribution is 0.242. The molecule has 1 aromatic carbocycles. The van der Waals surface area contributed by atoms with Crippen molar-refractivity contribution in [3.8, 4) is 5.75 Å². The van der Waals surface area contributed by atoms with Gasteiger partial charge in [0.15, 0.2) is 0 Å². The number of rotatable bonds is 4. The summed E-state index contributed by atoms with van der Waals surface area (Å²) in [6, 6.07) is 9.36. The van der Waals surface area contributed by atoms with Crippen LogP contribution in [0.3, 0.4) is 0 Å². The monoisotopic (exact) mass is 303 g/mol. The fourth-order valence-electron chi connectivity index (χ4n) is 1.90. The van der Waals surface area contributed by atoms with Crippen molar-refractivity contribution in [1.29, 1.82) is 5.41 Å². The van der Waals surface area contributed by atoms with Crippen molar-refractivity contribution < 1.29 is 4.74 Å². The van der Waals surface area contributed by atoms with Gasteiger partial charge >= 0.3 is 0 Å². The Bertz CT molecular complexity index is 626. The molecule has 0 amide bonds. The lowest BCUT2D eigenvalue weighted by atomic mass is 10.2. The van der Waals surface area contributed by atoms with Crippen molar-refractivity contribution >= 4 is 23.1 Å². The van der Waals surface area contributed by atoms with E-state index in [-0.39, 0.29) is 6.10 Å². The van der Waals surface area contributed by atoms with Gasteiger partial charge in [0.05, 0.1) is 11.1 Å². The van der Waals surface area contributed by atoms with Crippen LogP contribution < -0.4 is 9.64 Å². The van der Waals surface area contributed by atoms with Crippen LogP contribution in [0, 0.1) is 5.41 Å². The van der Waals surface area contributed by atoms with E-state index in [9.17, 15) is 0 Å². The highest BCUT2D eigenvalue weighted by atomic mass is 35.5. The first kappa shape index (κ1) is 15.3. The Labute approximate surface area is 129 Å². The van der Waals surface area contributed by atoms with Crippen LogP contribution in [0.25, 0.3) is 0 Å². The highest BCUT2D eigenvalue weighted by molar-refractivity contribution is 6.34. The maximum absolute atomic E-state index is 8.26. The molecule has 0 unspecified atom stereocenters. The Morgan fingerprint density at radius 3 is 2.48 bits per heavy atom. The molecule has 0 atom stereocenters. The van der Waals surface area contributed by atoms with Crippen molar-refractivity contribution in [1.82, 2.24) is 4.98 Å². The third-order valence-corrected chi connectivity index (χ3v) is 3.26. The van der Waals surface area contributed by atoms with E-state index in [2.05, 4.69) is 4.98 Å². The number of benzene rings is 1. The van der Waals surface area contributed by atoms with Gasteiger partial charge in [0.25, 0.3) is 0 Å². The van der Waals surface area contributed by atoms with Crippen molar-refractivity contribution in [3.05, 3.63) is 53.3 Å². The van der Waals surface area contributed by atoms with Crippen LogP contribution in [-0.4, -0.2) is 24.0 Å². The van der Waals surface area contributed by atoms with Crippen LogP contribution in [0.15, 0.2) is 42.7 Å². The lowest BCUT2D eigenvalue weighted by Crippen LogP contribution is -2.26. The minimum absolute atomic E-state index is 0.141. The van der Waals surface area contributed by atoms with E-state index in [0.29, 0.717) is 16.4 Å². The summed E-state index contributed by atoms with van der Waals surface area (Å²) in [4.78, 5) is 5.70. The Balaban J connectivity index is 2.18. The van der Waals surface area contributed by atoms with Crippen LogP contribution >= 0.6 is 11.6 Å². The van der Waals surface area contributed by atoms with E-state index < -0.39 is 0 Å². The predicted molar refractivity (Wildman–Crippen MR) is 86.7 cm³/mol. The van der Waals surface area contributed by atoms with Gasteiger partial charge in [-0.1, -0.05) is 11.6 Å². The number of aromatic nitrogens is 1. The molecule has 1 aromatic heterocycles. The summed E-state index contributed by atoms with van der Waals surface area (Å²) in [5, 5.41) is 8.73. The molecule has 0 aliphatic heterocycles. The van der Waals surface area contributed by atoms with Crippen LogP contribution in [-0.2, 0) is 0 Å². The molecule has 4 nitrogen and oxygen atoms in total. The average molecular weight is 304 g/mol. The van der Waals surface area contributed by atoms with Crippen molar-refractivity contribution in [2.24, 2.45) is 0 Å². The molecule has 0 spiro atoms. The molecule has 0 fully saturated rings. The maximum Gasteiger partial charge on any atom is 0.133 e. The predicted octanol–water partition coefficient (Wildman–Crippen LogP) is 3.98. The topological polar surface area (TPSA) is 49.2 Å². The third-order valence-electron chi connectivity index (χ3n) is 2.96. The molecule has 0 saturated heterocycles. The van der Waals surface area contributed by atoms with Gasteiger partial charge in [0.2, 0.25) is 0 Å². The molecule has 2 rings (SSSR count). The van der Waals surface area contributed by atoms with Crippen molar-refractivity contribution in [2.75, 3.05) is 11.9 Å². The Kier molecular flexibility index (Phi) is 4.81. The summed E-state index contributed by atoms with van der Waals surface area (Å²) in [5.74, 6) is 1.13. The first-order valence-corrected chi connectivity index (χ1v) is 7.05. The normalized spacial score (nSPS) is 10.5. The molecular weight excluding hydrogens is 286 g/mol. The maximum atomic E-state index is 8.26. The molecule has 110 valence electrons. The van der Waals surface area contributed by atoms with Gasteiger partial charge in [-0.25, -0.2) is 0 Å². The summed E-state index contributed by atoms with van der Waals surface area (Å²) in [6.07, 6.45) is 3.31. The average Bonchev–Trinajstić information content (AvgIpc) is 2.46. The summed E-state index contributed by atoms with van der Waals surface area (Å²) >= 11 is 6.08. The number of ether oxygens (including phenoxy) is 1. The first-order valence-electron chi connectivity index (χ1n) is 6.68. The van der Waals surface area contributed by atoms with Gasteiger partial charge in [0, 0.05) is 30.7 Å². The van der Waals surface area contributed by atoms with Gasteiger partial charge in [-0.05, 0) is 44.2 Å². The molecule has 0 aliphatic rings. The minimum Gasteiger partial charge on any atom is -0.491 e. The van der Waals surface area contributed by atoms with E-state index in [4.69, 9.17) is 21.7 Å². The number of halogens is 1. The summed E-state index contributed by atoms with van der Waals surface area (Å²) in [6.45, 7) is 3.97. The first-order chi connectivity index (χ1) is 9.99. The molecular formula is C16H18ClN3O. The number of nitrogens with zero attached hydrogens (tertiary/aromatic N) is 2. The fourth-order valence-corrected chi connectivity index (χ4v) is 2.11. The van der Waals surface area contributed by atoms with Gasteiger partial charge in [-0.2, -0.15) is 0 Å². The molecule has 0 aliphatic carbocycles. The largest absolute Gasteiger partial charge is 0.491 e. The second-order valence-corrected chi connectivity index (χ2v) is 5.33. The summed E-state index contributed by atoms with van der Waals surface area (Å²) < 4.78 is 5.61. The second-order valence-electron chi connectivity index (χ2n) is 4.92. The second kappa shape index (κ2) is 6.59. The molecule has 1 N–H and O–H groups in total. The third kappa shape index (κ3) is 3.73. The SMILES string of the molecule is CC(C)Oc1ccc(N(C)C(=N)c2ccncc2Cl)cc1. The minimum atomic E-state index is 0.141. The number of amidine groups is 1. The molecule has 5 heteroatoms. The number of hydrogen-bond donors (Lipinski definition) is 1. The Morgan fingerprint density at radius 1 is 1.24 bits per heavy atom. The number of nitrogens with one attached hydrogen (secondary N) is 1. The van der Waals surface area contributed by atoms with Crippen LogP contribution in [0.2, 0.25) is 5.02 Å². The smallest absolute Gasteiger partial charge is 0.133 e. The van der Waals surface area contributed by atoms with Crippen LogP contribution in [0.4, 0.5) is 5.69 Å². The molecule has 0 radical (unpaired) electrons. The number of pyridine rings is 1. The summed E-state index contributed by atoms with van der Waals surface area (Å²) in [5.41, 5.74) is 1.54. The zero-order valence-electron chi connectivity index (χ0n) is 12.3. The van der Waals surface area contributed by atoms with Gasteiger partial charge in [0.1, 0.15) is 11.6 Å². The molecule has 1 heterocycles. The van der Waals surface area contributed by atoms with Gasteiger partial charge in [-0.15, -0.1) is 0 Å². The van der Waals surface area contributed by atoms with E-state index in [1.165, 1.54) is 0 Å². The van der Waals surface area contributed by atoms with Crippen LogP contribution in [0.5, 0.6) is 5.75 Å². The van der Waals surface area contributed by atoms with E-state index in [1.54, 1.807) is 23.4 Å². The zero-order chi connectivity index (χ0) is 15.4. The fraction of sp³-hybridized carbons (Fsp3) is 0.250. The Morgan fingerprint density at radius 2 is 1.90 bits per heavy atom. The highest BCUT2D eigenvalue weighted by Gasteiger charge is 2.13. The number of anilines is 1. The summed E-state index contributed by atoms with van der Waals surface area (Å²) in [7, 11) is 1.83. The highest BCUT2D eigenvalue weighted by Crippen LogP contribution is 2.22. The number of hydrogen-bond acceptors (Lipinski definition) is 3. The van der Waals surface area contributed by atoms with Crippen molar-refractivity contribution in [2.45, 2.75) is 20.0 Å². The van der Waals surface area contributed by atoms with E-state index in [0.717, 1.165) is 11.4 Å². The van der Waals surface area contributed by atoms with Gasteiger partial charge in [-0.3, -0.25) is 10.4 Å². The molecule has 0 saturated carbocycles. The quantitative estimate of drug-likeness (QED) is 0.686. The lowest BCUT2D eigenvalue weighted by Gasteiger charge is -2.21. The van der Waals surface area contributed by atoms with Gasteiger partial charge < -0.3 is 9.64 Å². The van der Waals surface area contributed by atoms with Crippen molar-refractivity contribution in [3.63, 3.8) is 0 Å². The Hall–Kier alpha value is -2.07. The standard InChI is InChI=1S/C16H18ClN3O/c1-11(2)21-13-6-4-12(5-7-13)20(3)16(18)14-8-9-19-10-15(14)17/h4-11,18H,1-3H3.